The minimum absolute atomic E-state index is 0.0854. The molecule has 0 aliphatic carbocycles. The summed E-state index contributed by atoms with van der Waals surface area (Å²) in [5, 5.41) is 36.9. The van der Waals surface area contributed by atoms with Crippen molar-refractivity contribution in [3.63, 3.8) is 0 Å². The van der Waals surface area contributed by atoms with Gasteiger partial charge in [0.2, 0.25) is 0 Å². The zero-order valence-electron chi connectivity index (χ0n) is 10.9. The summed E-state index contributed by atoms with van der Waals surface area (Å²) < 4.78 is 9.96. The maximum atomic E-state index is 11.8. The van der Waals surface area contributed by atoms with E-state index in [1.165, 1.54) is 18.2 Å². The molecule has 0 aliphatic heterocycles. The lowest BCUT2D eigenvalue weighted by atomic mass is 10.1. The molecular formula is C13H18O7. The van der Waals surface area contributed by atoms with Crippen LogP contribution < -0.4 is 0 Å². The van der Waals surface area contributed by atoms with Gasteiger partial charge < -0.3 is 29.9 Å². The van der Waals surface area contributed by atoms with Crippen LogP contribution in [0.3, 0.4) is 0 Å². The second kappa shape index (κ2) is 8.49. The fourth-order valence-corrected chi connectivity index (χ4v) is 1.46. The minimum Gasteiger partial charge on any atom is -0.504 e. The van der Waals surface area contributed by atoms with E-state index in [0.717, 1.165) is 0 Å². The molecule has 7 heteroatoms. The molecule has 0 heterocycles. The Morgan fingerprint density at radius 3 is 2.55 bits per heavy atom. The molecule has 4 N–H and O–H groups in total. The molecule has 0 saturated heterocycles. The van der Waals surface area contributed by atoms with Crippen LogP contribution in [-0.4, -0.2) is 65.3 Å². The predicted molar refractivity (Wildman–Crippen MR) is 68.8 cm³/mol. The smallest absolute Gasteiger partial charge is 0.197 e. The Labute approximate surface area is 116 Å². The van der Waals surface area contributed by atoms with Crippen molar-refractivity contribution in [3.05, 3.63) is 23.8 Å². The summed E-state index contributed by atoms with van der Waals surface area (Å²) in [5.41, 5.74) is -0.169. The lowest BCUT2D eigenvalue weighted by Crippen LogP contribution is -2.27. The lowest BCUT2D eigenvalue weighted by Gasteiger charge is -2.12. The third kappa shape index (κ3) is 4.78. The van der Waals surface area contributed by atoms with Gasteiger partial charge in [0, 0.05) is 0 Å². The maximum absolute atomic E-state index is 11.8. The van der Waals surface area contributed by atoms with Gasteiger partial charge in [0.15, 0.2) is 17.3 Å². The van der Waals surface area contributed by atoms with Crippen molar-refractivity contribution >= 4 is 5.78 Å². The van der Waals surface area contributed by atoms with E-state index >= 15 is 0 Å². The number of para-hydroxylation sites is 1. The highest BCUT2D eigenvalue weighted by atomic mass is 16.5. The SMILES string of the molecule is O=C(c1cccc(O)c1O)C(O)COCCOCCO. The van der Waals surface area contributed by atoms with E-state index < -0.39 is 23.4 Å². The molecule has 1 unspecified atom stereocenters. The third-order valence-electron chi connectivity index (χ3n) is 2.47. The second-order valence-corrected chi connectivity index (χ2v) is 3.96. The van der Waals surface area contributed by atoms with E-state index in [1.54, 1.807) is 0 Å². The van der Waals surface area contributed by atoms with Crippen LogP contribution in [0, 0.1) is 0 Å². The number of aromatic hydroxyl groups is 2. The summed E-state index contributed by atoms with van der Waals surface area (Å²) in [6, 6.07) is 3.91. The monoisotopic (exact) mass is 286 g/mol. The normalized spacial score (nSPS) is 12.3. The van der Waals surface area contributed by atoms with Crippen LogP contribution in [-0.2, 0) is 9.47 Å². The number of rotatable bonds is 9. The number of aliphatic hydroxyl groups excluding tert-OH is 2. The topological polar surface area (TPSA) is 116 Å². The van der Waals surface area contributed by atoms with Gasteiger partial charge in [-0.25, -0.2) is 0 Å². The minimum atomic E-state index is -1.44. The number of Topliss-reactive ketones (excluding diaryl/α,β-unsaturated/α-hetero) is 1. The largest absolute Gasteiger partial charge is 0.504 e. The van der Waals surface area contributed by atoms with Crippen molar-refractivity contribution in [3.8, 4) is 11.5 Å². The van der Waals surface area contributed by atoms with Gasteiger partial charge in [-0.15, -0.1) is 0 Å². The number of carbonyl (C=O) groups excluding carboxylic acids is 1. The Morgan fingerprint density at radius 2 is 1.85 bits per heavy atom. The van der Waals surface area contributed by atoms with Gasteiger partial charge in [-0.3, -0.25) is 4.79 Å². The molecule has 1 atom stereocenters. The number of hydrogen-bond acceptors (Lipinski definition) is 7. The van der Waals surface area contributed by atoms with Crippen molar-refractivity contribution in [2.45, 2.75) is 6.10 Å². The molecule has 1 aromatic rings. The quantitative estimate of drug-likeness (QED) is 0.279. The van der Waals surface area contributed by atoms with Crippen LogP contribution in [0.1, 0.15) is 10.4 Å². The van der Waals surface area contributed by atoms with E-state index in [-0.39, 0.29) is 38.6 Å². The van der Waals surface area contributed by atoms with Gasteiger partial charge in [-0.2, -0.15) is 0 Å². The van der Waals surface area contributed by atoms with E-state index in [1.807, 2.05) is 0 Å². The zero-order valence-corrected chi connectivity index (χ0v) is 10.9. The molecule has 0 aromatic heterocycles. The summed E-state index contributed by atoms with van der Waals surface area (Å²) in [7, 11) is 0. The van der Waals surface area contributed by atoms with Gasteiger partial charge in [0.05, 0.1) is 38.6 Å². The Morgan fingerprint density at radius 1 is 1.15 bits per heavy atom. The van der Waals surface area contributed by atoms with Gasteiger partial charge in [0.25, 0.3) is 0 Å². The average molecular weight is 286 g/mol. The predicted octanol–water partition coefficient (Wildman–Crippen LogP) is -0.333. The number of hydrogen-bond donors (Lipinski definition) is 4. The average Bonchev–Trinajstić information content (AvgIpc) is 2.44. The highest BCUT2D eigenvalue weighted by molar-refractivity contribution is 6.02. The third-order valence-corrected chi connectivity index (χ3v) is 2.47. The summed E-state index contributed by atoms with van der Waals surface area (Å²) in [6.07, 6.45) is -1.44. The Balaban J connectivity index is 2.41. The molecule has 0 fully saturated rings. The molecule has 0 amide bonds. The Hall–Kier alpha value is -1.67. The number of ketones is 1. The first-order chi connectivity index (χ1) is 9.57. The second-order valence-electron chi connectivity index (χ2n) is 3.96. The van der Waals surface area contributed by atoms with Crippen molar-refractivity contribution in [1.82, 2.24) is 0 Å². The highest BCUT2D eigenvalue weighted by Crippen LogP contribution is 2.28. The van der Waals surface area contributed by atoms with Gasteiger partial charge >= 0.3 is 0 Å². The molecule has 0 spiro atoms. The number of aliphatic hydroxyl groups is 2. The first-order valence-corrected chi connectivity index (χ1v) is 6.07. The lowest BCUT2D eigenvalue weighted by molar-refractivity contribution is 0.00171. The Kier molecular flexibility index (Phi) is 6.96. The van der Waals surface area contributed by atoms with Crippen LogP contribution in [0.4, 0.5) is 0 Å². The molecule has 7 nitrogen and oxygen atoms in total. The molecule has 1 aromatic carbocycles. The van der Waals surface area contributed by atoms with Crippen LogP contribution in [0.2, 0.25) is 0 Å². The van der Waals surface area contributed by atoms with E-state index in [9.17, 15) is 20.1 Å². The zero-order chi connectivity index (χ0) is 15.0. The van der Waals surface area contributed by atoms with Crippen LogP contribution in [0.15, 0.2) is 18.2 Å². The molecular weight excluding hydrogens is 268 g/mol. The van der Waals surface area contributed by atoms with Crippen molar-refractivity contribution in [2.75, 3.05) is 33.0 Å². The molecule has 20 heavy (non-hydrogen) atoms. The fourth-order valence-electron chi connectivity index (χ4n) is 1.46. The summed E-state index contributed by atoms with van der Waals surface area (Å²) in [6.45, 7) is 0.255. The number of carbonyl (C=O) groups is 1. The molecule has 1 rings (SSSR count). The summed E-state index contributed by atoms with van der Waals surface area (Å²) >= 11 is 0. The molecule has 0 radical (unpaired) electrons. The Bertz CT molecular complexity index is 433. The highest BCUT2D eigenvalue weighted by Gasteiger charge is 2.21. The van der Waals surface area contributed by atoms with Crippen molar-refractivity contribution in [1.29, 1.82) is 0 Å². The van der Waals surface area contributed by atoms with Gasteiger partial charge in [0.1, 0.15) is 6.10 Å². The van der Waals surface area contributed by atoms with E-state index in [0.29, 0.717) is 0 Å². The standard InChI is InChI=1S/C13H18O7/c14-4-5-19-6-7-20-8-11(16)13(18)9-2-1-3-10(15)12(9)17/h1-3,11,14-17H,4-8H2. The first kappa shape index (κ1) is 16.4. The van der Waals surface area contributed by atoms with E-state index in [4.69, 9.17) is 14.6 Å². The molecule has 0 saturated carbocycles. The van der Waals surface area contributed by atoms with Crippen molar-refractivity contribution in [2.24, 2.45) is 0 Å². The molecule has 0 aliphatic rings. The summed E-state index contributed by atoms with van der Waals surface area (Å²) in [5.74, 6) is -1.74. The molecule has 0 bridgehead atoms. The van der Waals surface area contributed by atoms with Crippen LogP contribution in [0.25, 0.3) is 0 Å². The number of ether oxygens (including phenoxy) is 2. The van der Waals surface area contributed by atoms with Crippen molar-refractivity contribution < 1.29 is 34.7 Å². The fraction of sp³-hybridized carbons (Fsp3) is 0.462. The molecule has 112 valence electrons. The number of benzene rings is 1. The summed E-state index contributed by atoms with van der Waals surface area (Å²) in [4.78, 5) is 11.8. The number of phenols is 2. The maximum Gasteiger partial charge on any atom is 0.197 e. The van der Waals surface area contributed by atoms with Crippen LogP contribution in [0.5, 0.6) is 11.5 Å². The number of phenolic OH excluding ortho intramolecular Hbond substituents is 2. The first-order valence-electron chi connectivity index (χ1n) is 6.07. The van der Waals surface area contributed by atoms with Gasteiger partial charge in [-0.05, 0) is 12.1 Å². The van der Waals surface area contributed by atoms with Crippen LogP contribution >= 0.6 is 0 Å². The van der Waals surface area contributed by atoms with Gasteiger partial charge in [-0.1, -0.05) is 6.07 Å². The van der Waals surface area contributed by atoms with E-state index in [2.05, 4.69) is 0 Å².